The van der Waals surface area contributed by atoms with Gasteiger partial charge < -0.3 is 5.32 Å². The Morgan fingerprint density at radius 3 is 3.15 bits per heavy atom. The summed E-state index contributed by atoms with van der Waals surface area (Å²) in [6.07, 6.45) is 8.73. The Labute approximate surface area is 77.2 Å². The molecule has 0 saturated carbocycles. The van der Waals surface area contributed by atoms with Crippen molar-refractivity contribution in [2.24, 2.45) is 0 Å². The molecule has 0 aliphatic rings. The summed E-state index contributed by atoms with van der Waals surface area (Å²) in [6.45, 7) is 0.504. The SMILES string of the molecule is C#CCCNC(=O)c1cccnc1. The summed E-state index contributed by atoms with van der Waals surface area (Å²) in [5.74, 6) is 2.31. The van der Waals surface area contributed by atoms with Crippen molar-refractivity contribution in [1.82, 2.24) is 10.3 Å². The fourth-order valence-electron chi connectivity index (χ4n) is 0.847. The van der Waals surface area contributed by atoms with Gasteiger partial charge in [-0.1, -0.05) is 0 Å². The molecule has 0 fully saturated rings. The van der Waals surface area contributed by atoms with E-state index in [0.29, 0.717) is 18.5 Å². The largest absolute Gasteiger partial charge is 0.351 e. The monoisotopic (exact) mass is 174 g/mol. The van der Waals surface area contributed by atoms with E-state index in [1.165, 1.54) is 6.20 Å². The zero-order chi connectivity index (χ0) is 9.52. The molecule has 13 heavy (non-hydrogen) atoms. The van der Waals surface area contributed by atoms with E-state index >= 15 is 0 Å². The van der Waals surface area contributed by atoms with Gasteiger partial charge in [0.05, 0.1) is 5.56 Å². The van der Waals surface area contributed by atoms with Crippen LogP contribution in [0.25, 0.3) is 0 Å². The highest BCUT2D eigenvalue weighted by molar-refractivity contribution is 5.93. The number of nitrogens with zero attached hydrogens (tertiary/aromatic N) is 1. The first kappa shape index (κ1) is 9.27. The minimum absolute atomic E-state index is 0.136. The average molecular weight is 174 g/mol. The molecule has 0 saturated heterocycles. The van der Waals surface area contributed by atoms with Gasteiger partial charge in [0.2, 0.25) is 0 Å². The molecule has 1 N–H and O–H groups in total. The van der Waals surface area contributed by atoms with Crippen LogP contribution in [0.4, 0.5) is 0 Å². The van der Waals surface area contributed by atoms with Crippen molar-refractivity contribution in [2.75, 3.05) is 6.54 Å². The Balaban J connectivity index is 2.46. The number of aromatic nitrogens is 1. The lowest BCUT2D eigenvalue weighted by atomic mass is 10.2. The lowest BCUT2D eigenvalue weighted by Gasteiger charge is -2.01. The Kier molecular flexibility index (Phi) is 3.52. The van der Waals surface area contributed by atoms with Crippen LogP contribution in [-0.2, 0) is 0 Å². The second-order valence-electron chi connectivity index (χ2n) is 2.45. The number of terminal acetylenes is 1. The zero-order valence-electron chi connectivity index (χ0n) is 7.16. The first-order valence-electron chi connectivity index (χ1n) is 3.96. The van der Waals surface area contributed by atoms with Gasteiger partial charge in [0.15, 0.2) is 0 Å². The molecule has 1 amide bonds. The molecule has 1 aromatic heterocycles. The summed E-state index contributed by atoms with van der Waals surface area (Å²) >= 11 is 0. The number of pyridine rings is 1. The molecule has 0 unspecified atom stereocenters. The van der Waals surface area contributed by atoms with E-state index < -0.39 is 0 Å². The van der Waals surface area contributed by atoms with Crippen LogP contribution in [-0.4, -0.2) is 17.4 Å². The fourth-order valence-corrected chi connectivity index (χ4v) is 0.847. The van der Waals surface area contributed by atoms with Gasteiger partial charge in [-0.15, -0.1) is 12.3 Å². The Morgan fingerprint density at radius 2 is 2.54 bits per heavy atom. The first-order valence-corrected chi connectivity index (χ1v) is 3.96. The van der Waals surface area contributed by atoms with Gasteiger partial charge in [-0.25, -0.2) is 0 Å². The van der Waals surface area contributed by atoms with E-state index in [0.717, 1.165) is 0 Å². The van der Waals surface area contributed by atoms with Crippen LogP contribution in [0.5, 0.6) is 0 Å². The molecule has 0 spiro atoms. The summed E-state index contributed by atoms with van der Waals surface area (Å²) in [7, 11) is 0. The van der Waals surface area contributed by atoms with Crippen molar-refractivity contribution in [3.8, 4) is 12.3 Å². The molecule has 3 nitrogen and oxygen atoms in total. The van der Waals surface area contributed by atoms with Crippen LogP contribution in [0.15, 0.2) is 24.5 Å². The third-order valence-corrected chi connectivity index (χ3v) is 1.48. The Morgan fingerprint density at radius 1 is 1.69 bits per heavy atom. The second-order valence-corrected chi connectivity index (χ2v) is 2.45. The summed E-state index contributed by atoms with van der Waals surface area (Å²) in [5.41, 5.74) is 0.555. The minimum Gasteiger partial charge on any atom is -0.351 e. The van der Waals surface area contributed by atoms with Crippen molar-refractivity contribution >= 4 is 5.91 Å². The van der Waals surface area contributed by atoms with Crippen LogP contribution >= 0.6 is 0 Å². The van der Waals surface area contributed by atoms with E-state index in [9.17, 15) is 4.79 Å². The first-order chi connectivity index (χ1) is 6.34. The zero-order valence-corrected chi connectivity index (χ0v) is 7.16. The summed E-state index contributed by atoms with van der Waals surface area (Å²) in [5, 5.41) is 2.68. The molecule has 66 valence electrons. The third kappa shape index (κ3) is 2.96. The highest BCUT2D eigenvalue weighted by Crippen LogP contribution is 1.94. The van der Waals surface area contributed by atoms with Crippen LogP contribution in [0.3, 0.4) is 0 Å². The molecule has 0 bridgehead atoms. The van der Waals surface area contributed by atoms with Crippen molar-refractivity contribution in [2.45, 2.75) is 6.42 Å². The lowest BCUT2D eigenvalue weighted by Crippen LogP contribution is -2.24. The van der Waals surface area contributed by atoms with Gasteiger partial charge in [-0.2, -0.15) is 0 Å². The van der Waals surface area contributed by atoms with Crippen LogP contribution in [0.1, 0.15) is 16.8 Å². The van der Waals surface area contributed by atoms with E-state index in [4.69, 9.17) is 6.42 Å². The van der Waals surface area contributed by atoms with Crippen molar-refractivity contribution in [3.63, 3.8) is 0 Å². The van der Waals surface area contributed by atoms with Gasteiger partial charge in [-0.05, 0) is 12.1 Å². The number of carbonyl (C=O) groups is 1. The molecule has 0 aliphatic carbocycles. The molecule has 0 atom stereocenters. The van der Waals surface area contributed by atoms with Crippen molar-refractivity contribution in [3.05, 3.63) is 30.1 Å². The smallest absolute Gasteiger partial charge is 0.252 e. The summed E-state index contributed by atoms with van der Waals surface area (Å²) in [6, 6.07) is 3.42. The van der Waals surface area contributed by atoms with Crippen LogP contribution in [0.2, 0.25) is 0 Å². The standard InChI is InChI=1S/C10H10N2O/c1-2-3-7-12-10(13)9-5-4-6-11-8-9/h1,4-6,8H,3,7H2,(H,12,13). The normalized spacial score (nSPS) is 8.85. The molecule has 1 heterocycles. The minimum atomic E-state index is -0.136. The number of nitrogens with one attached hydrogen (secondary N) is 1. The second kappa shape index (κ2) is 4.94. The van der Waals surface area contributed by atoms with Gasteiger partial charge in [-0.3, -0.25) is 9.78 Å². The maximum Gasteiger partial charge on any atom is 0.252 e. The van der Waals surface area contributed by atoms with Crippen LogP contribution in [0, 0.1) is 12.3 Å². The molecule has 0 aliphatic heterocycles. The van der Waals surface area contributed by atoms with Gasteiger partial charge >= 0.3 is 0 Å². The fraction of sp³-hybridized carbons (Fsp3) is 0.200. The van der Waals surface area contributed by atoms with E-state index in [1.807, 2.05) is 0 Å². The molecular formula is C10H10N2O. The third-order valence-electron chi connectivity index (χ3n) is 1.48. The number of hydrogen-bond acceptors (Lipinski definition) is 2. The van der Waals surface area contributed by atoms with E-state index in [1.54, 1.807) is 18.3 Å². The highest BCUT2D eigenvalue weighted by Gasteiger charge is 2.02. The van der Waals surface area contributed by atoms with E-state index in [2.05, 4.69) is 16.2 Å². The molecule has 1 rings (SSSR count). The van der Waals surface area contributed by atoms with Crippen LogP contribution < -0.4 is 5.32 Å². The van der Waals surface area contributed by atoms with Gasteiger partial charge in [0, 0.05) is 25.4 Å². The quantitative estimate of drug-likeness (QED) is 0.545. The summed E-state index contributed by atoms with van der Waals surface area (Å²) in [4.78, 5) is 15.1. The Bertz CT molecular complexity index is 313. The molecule has 3 heteroatoms. The highest BCUT2D eigenvalue weighted by atomic mass is 16.1. The number of hydrogen-bond donors (Lipinski definition) is 1. The number of carbonyl (C=O) groups excluding carboxylic acids is 1. The molecule has 0 aromatic carbocycles. The number of amides is 1. The van der Waals surface area contributed by atoms with Crippen molar-refractivity contribution in [1.29, 1.82) is 0 Å². The predicted molar refractivity (Wildman–Crippen MR) is 50.0 cm³/mol. The Hall–Kier alpha value is -1.82. The molecule has 0 radical (unpaired) electrons. The average Bonchev–Trinajstić information content (AvgIpc) is 2.19. The van der Waals surface area contributed by atoms with Gasteiger partial charge in [0.25, 0.3) is 5.91 Å². The lowest BCUT2D eigenvalue weighted by molar-refractivity contribution is 0.0954. The topological polar surface area (TPSA) is 42.0 Å². The maximum absolute atomic E-state index is 11.3. The summed E-state index contributed by atoms with van der Waals surface area (Å²) < 4.78 is 0. The molecular weight excluding hydrogens is 164 g/mol. The molecule has 1 aromatic rings. The van der Waals surface area contributed by atoms with Gasteiger partial charge in [0.1, 0.15) is 0 Å². The number of rotatable bonds is 3. The van der Waals surface area contributed by atoms with E-state index in [-0.39, 0.29) is 5.91 Å². The predicted octanol–water partition coefficient (Wildman–Crippen LogP) is 0.835. The van der Waals surface area contributed by atoms with Crippen molar-refractivity contribution < 1.29 is 4.79 Å². The maximum atomic E-state index is 11.3.